The van der Waals surface area contributed by atoms with Crippen molar-refractivity contribution in [3.63, 3.8) is 0 Å². The van der Waals surface area contributed by atoms with Crippen LogP contribution >= 0.6 is 12.2 Å². The third-order valence-electron chi connectivity index (χ3n) is 4.81. The highest BCUT2D eigenvalue weighted by molar-refractivity contribution is 7.80. The Morgan fingerprint density at radius 2 is 2.19 bits per heavy atom. The van der Waals surface area contributed by atoms with Crippen molar-refractivity contribution in [3.05, 3.63) is 43.1 Å². The van der Waals surface area contributed by atoms with E-state index in [0.29, 0.717) is 17.3 Å². The van der Waals surface area contributed by atoms with Gasteiger partial charge in [-0.25, -0.2) is 0 Å². The number of aromatic nitrogens is 1. The van der Waals surface area contributed by atoms with Gasteiger partial charge in [0.2, 0.25) is 5.91 Å². The quantitative estimate of drug-likeness (QED) is 0.608. The maximum Gasteiger partial charge on any atom is 0.252 e. The number of fused-ring (bicyclic) bond motifs is 1. The summed E-state index contributed by atoms with van der Waals surface area (Å²) in [5.41, 5.74) is 1.65. The Bertz CT molecular complexity index is 902. The number of hydrogen-bond acceptors (Lipinski definition) is 3. The van der Waals surface area contributed by atoms with Crippen LogP contribution in [0.5, 0.6) is 0 Å². The number of benzene rings is 1. The number of thiocarbonyl (C=S) groups is 1. The molecular weight excluding hydrogens is 348 g/mol. The molecule has 6 nitrogen and oxygen atoms in total. The van der Waals surface area contributed by atoms with Gasteiger partial charge in [-0.1, -0.05) is 12.1 Å². The number of anilines is 1. The average molecular weight is 368 g/mol. The third-order valence-corrected chi connectivity index (χ3v) is 5.24. The summed E-state index contributed by atoms with van der Waals surface area (Å²) in [6, 6.07) is 7.29. The Balaban J connectivity index is 1.48. The van der Waals surface area contributed by atoms with E-state index in [1.54, 1.807) is 15.9 Å². The number of H-pyrrole nitrogens is 1. The van der Waals surface area contributed by atoms with Crippen LogP contribution in [0.25, 0.3) is 10.9 Å². The molecule has 1 aromatic carbocycles. The van der Waals surface area contributed by atoms with Crippen LogP contribution in [0.15, 0.2) is 43.1 Å². The first-order chi connectivity index (χ1) is 12.6. The Labute approximate surface area is 156 Å². The van der Waals surface area contributed by atoms with Crippen LogP contribution < -0.4 is 5.32 Å². The summed E-state index contributed by atoms with van der Waals surface area (Å²) in [5, 5.41) is 4.48. The fraction of sp³-hybridized carbons (Fsp3) is 0.316. The van der Waals surface area contributed by atoms with E-state index >= 15 is 0 Å². The van der Waals surface area contributed by atoms with Gasteiger partial charge < -0.3 is 15.2 Å². The van der Waals surface area contributed by atoms with E-state index in [-0.39, 0.29) is 24.3 Å². The number of amides is 2. The maximum absolute atomic E-state index is 12.8. The Kier molecular flexibility index (Phi) is 4.24. The van der Waals surface area contributed by atoms with Crippen molar-refractivity contribution in [2.24, 2.45) is 0 Å². The topological polar surface area (TPSA) is 68.4 Å². The third kappa shape index (κ3) is 2.99. The maximum atomic E-state index is 12.8. The van der Waals surface area contributed by atoms with E-state index in [9.17, 15) is 9.59 Å². The van der Waals surface area contributed by atoms with Crippen LogP contribution in [0.3, 0.4) is 0 Å². The predicted molar refractivity (Wildman–Crippen MR) is 105 cm³/mol. The van der Waals surface area contributed by atoms with Gasteiger partial charge in [-0.15, -0.1) is 6.58 Å². The summed E-state index contributed by atoms with van der Waals surface area (Å²) in [4.78, 5) is 31.9. The molecule has 2 fully saturated rings. The molecule has 2 N–H and O–H groups in total. The zero-order chi connectivity index (χ0) is 18.3. The molecule has 26 heavy (non-hydrogen) atoms. The summed E-state index contributed by atoms with van der Waals surface area (Å²) >= 11 is 5.47. The molecule has 2 aromatic rings. The SMILES string of the molecule is C=CCN1C(=S)N(C2CC2)C(=O)C1CC(=O)Nc1ccc2cc[nH]c2c1. The van der Waals surface area contributed by atoms with Crippen molar-refractivity contribution >= 4 is 45.7 Å². The van der Waals surface area contributed by atoms with Crippen molar-refractivity contribution in [3.8, 4) is 0 Å². The minimum atomic E-state index is -0.560. The molecule has 134 valence electrons. The molecular formula is C19H20N4O2S. The van der Waals surface area contributed by atoms with Crippen LogP contribution in [-0.2, 0) is 9.59 Å². The van der Waals surface area contributed by atoms with Gasteiger partial charge in [0.05, 0.1) is 6.42 Å². The monoisotopic (exact) mass is 368 g/mol. The number of carbonyl (C=O) groups excluding carboxylic acids is 2. The molecule has 1 unspecified atom stereocenters. The Hall–Kier alpha value is -2.67. The fourth-order valence-electron chi connectivity index (χ4n) is 3.38. The summed E-state index contributed by atoms with van der Waals surface area (Å²) in [7, 11) is 0. The summed E-state index contributed by atoms with van der Waals surface area (Å²) in [5.74, 6) is -0.280. The van der Waals surface area contributed by atoms with E-state index < -0.39 is 6.04 Å². The van der Waals surface area contributed by atoms with Crippen LogP contribution in [0.1, 0.15) is 19.3 Å². The average Bonchev–Trinajstić information content (AvgIpc) is 3.28. The highest BCUT2D eigenvalue weighted by Gasteiger charge is 2.48. The van der Waals surface area contributed by atoms with Gasteiger partial charge in [0.1, 0.15) is 6.04 Å². The van der Waals surface area contributed by atoms with Crippen LogP contribution in [0.4, 0.5) is 5.69 Å². The van der Waals surface area contributed by atoms with Gasteiger partial charge >= 0.3 is 0 Å². The second-order valence-electron chi connectivity index (χ2n) is 6.71. The number of aromatic amines is 1. The van der Waals surface area contributed by atoms with Gasteiger partial charge in [-0.3, -0.25) is 14.5 Å². The first-order valence-corrected chi connectivity index (χ1v) is 9.11. The number of carbonyl (C=O) groups is 2. The lowest BCUT2D eigenvalue weighted by atomic mass is 10.1. The van der Waals surface area contributed by atoms with Gasteiger partial charge in [-0.2, -0.15) is 0 Å². The van der Waals surface area contributed by atoms with E-state index in [1.807, 2.05) is 30.5 Å². The molecule has 1 atom stereocenters. The molecule has 2 aliphatic rings. The first-order valence-electron chi connectivity index (χ1n) is 8.70. The second kappa shape index (κ2) is 6.57. The van der Waals surface area contributed by atoms with E-state index in [0.717, 1.165) is 23.7 Å². The van der Waals surface area contributed by atoms with Crippen molar-refractivity contribution in [1.82, 2.24) is 14.8 Å². The predicted octanol–water partition coefficient (Wildman–Crippen LogP) is 2.64. The largest absolute Gasteiger partial charge is 0.361 e. The normalized spacial score (nSPS) is 20.1. The summed E-state index contributed by atoms with van der Waals surface area (Å²) in [6.07, 6.45) is 5.58. The Morgan fingerprint density at radius 3 is 2.92 bits per heavy atom. The highest BCUT2D eigenvalue weighted by atomic mass is 32.1. The zero-order valence-electron chi connectivity index (χ0n) is 14.3. The van der Waals surface area contributed by atoms with Crippen LogP contribution in [0, 0.1) is 0 Å². The minimum absolute atomic E-state index is 0.0683. The molecule has 0 radical (unpaired) electrons. The standard InChI is InChI=1S/C19H20N4O2S/c1-2-9-22-16(18(25)23(19(22)26)14-5-6-14)11-17(24)21-13-4-3-12-7-8-20-15(12)10-13/h2-4,7-8,10,14,16,20H,1,5-6,9,11H2,(H,21,24). The Morgan fingerprint density at radius 1 is 1.38 bits per heavy atom. The molecule has 0 bridgehead atoms. The second-order valence-corrected chi connectivity index (χ2v) is 7.08. The first kappa shape index (κ1) is 16.8. The molecule has 1 saturated heterocycles. The minimum Gasteiger partial charge on any atom is -0.361 e. The van der Waals surface area contributed by atoms with E-state index in [1.165, 1.54) is 0 Å². The molecule has 7 heteroatoms. The molecule has 1 aliphatic carbocycles. The number of nitrogens with zero attached hydrogens (tertiary/aromatic N) is 2. The highest BCUT2D eigenvalue weighted by Crippen LogP contribution is 2.33. The van der Waals surface area contributed by atoms with Gasteiger partial charge in [0.15, 0.2) is 5.11 Å². The van der Waals surface area contributed by atoms with E-state index in [2.05, 4.69) is 16.9 Å². The van der Waals surface area contributed by atoms with Gasteiger partial charge in [0, 0.05) is 30.0 Å². The lowest BCUT2D eigenvalue weighted by Gasteiger charge is -2.22. The molecule has 4 rings (SSSR count). The number of hydrogen-bond donors (Lipinski definition) is 2. The van der Waals surface area contributed by atoms with Crippen molar-refractivity contribution < 1.29 is 9.59 Å². The molecule has 2 heterocycles. The van der Waals surface area contributed by atoms with E-state index in [4.69, 9.17) is 12.2 Å². The fourth-order valence-corrected chi connectivity index (χ4v) is 3.82. The molecule has 1 saturated carbocycles. The van der Waals surface area contributed by atoms with Crippen molar-refractivity contribution in [2.45, 2.75) is 31.3 Å². The molecule has 1 aliphatic heterocycles. The van der Waals surface area contributed by atoms with Crippen molar-refractivity contribution in [2.75, 3.05) is 11.9 Å². The van der Waals surface area contributed by atoms with Crippen LogP contribution in [-0.4, -0.2) is 50.3 Å². The zero-order valence-corrected chi connectivity index (χ0v) is 15.1. The summed E-state index contributed by atoms with van der Waals surface area (Å²) < 4.78 is 0. The van der Waals surface area contributed by atoms with Crippen LogP contribution in [0.2, 0.25) is 0 Å². The molecule has 2 amide bonds. The number of nitrogens with one attached hydrogen (secondary N) is 2. The van der Waals surface area contributed by atoms with Gasteiger partial charge in [-0.05, 0) is 48.6 Å². The number of rotatable bonds is 6. The summed E-state index contributed by atoms with van der Waals surface area (Å²) in [6.45, 7) is 4.20. The lowest BCUT2D eigenvalue weighted by molar-refractivity contribution is -0.130. The van der Waals surface area contributed by atoms with Crippen molar-refractivity contribution in [1.29, 1.82) is 0 Å². The smallest absolute Gasteiger partial charge is 0.252 e. The van der Waals surface area contributed by atoms with Gasteiger partial charge in [0.25, 0.3) is 5.91 Å². The molecule has 0 spiro atoms. The lowest BCUT2D eigenvalue weighted by Crippen LogP contribution is -2.37. The molecule has 1 aromatic heterocycles.